The van der Waals surface area contributed by atoms with Crippen LogP contribution in [-0.2, 0) is 11.3 Å². The van der Waals surface area contributed by atoms with Crippen molar-refractivity contribution in [3.8, 4) is 0 Å². The van der Waals surface area contributed by atoms with Crippen molar-refractivity contribution >= 4 is 23.2 Å². The highest BCUT2D eigenvalue weighted by atomic mass is 32.1. The molecule has 3 rings (SSSR count). The molecule has 6 nitrogen and oxygen atoms in total. The number of rotatable bonds is 4. The van der Waals surface area contributed by atoms with Crippen LogP contribution in [0.25, 0.3) is 0 Å². The number of nitrogens with zero attached hydrogens (tertiary/aromatic N) is 2. The number of carbonyl (C=O) groups excluding carboxylic acids is 2. The minimum atomic E-state index is -0.169. The highest BCUT2D eigenvalue weighted by molar-refractivity contribution is 7.09. The van der Waals surface area contributed by atoms with Gasteiger partial charge < -0.3 is 16.0 Å². The fraction of sp³-hybridized carbons (Fsp3) is 0.688. The van der Waals surface area contributed by atoms with Crippen LogP contribution in [0, 0.1) is 5.92 Å². The third-order valence-corrected chi connectivity index (χ3v) is 5.62. The van der Waals surface area contributed by atoms with E-state index < -0.39 is 0 Å². The number of carbonyl (C=O) groups is 2. The molecule has 2 aliphatic rings. The van der Waals surface area contributed by atoms with Crippen LogP contribution in [0.4, 0.5) is 0 Å². The Labute approximate surface area is 140 Å². The number of likely N-dealkylation sites (tertiary alicyclic amines) is 1. The van der Waals surface area contributed by atoms with Crippen LogP contribution in [0.15, 0.2) is 5.38 Å². The normalized spacial score (nSPS) is 22.3. The van der Waals surface area contributed by atoms with Gasteiger partial charge >= 0.3 is 0 Å². The summed E-state index contributed by atoms with van der Waals surface area (Å²) in [5.74, 6) is 0.308. The predicted octanol–water partition coefficient (Wildman–Crippen LogP) is 1.51. The zero-order chi connectivity index (χ0) is 16.2. The summed E-state index contributed by atoms with van der Waals surface area (Å²) < 4.78 is 0. The van der Waals surface area contributed by atoms with Crippen LogP contribution in [0.2, 0.25) is 0 Å². The molecule has 0 radical (unpaired) electrons. The molecular formula is C16H24N4O2S. The van der Waals surface area contributed by atoms with Gasteiger partial charge in [0.1, 0.15) is 10.7 Å². The first-order valence-electron chi connectivity index (χ1n) is 8.41. The molecule has 3 N–H and O–H groups in total. The van der Waals surface area contributed by atoms with E-state index in [2.05, 4.69) is 10.3 Å². The Hall–Kier alpha value is -1.47. The van der Waals surface area contributed by atoms with Crippen LogP contribution in [0.3, 0.4) is 0 Å². The van der Waals surface area contributed by atoms with Gasteiger partial charge in [0.15, 0.2) is 0 Å². The van der Waals surface area contributed by atoms with Crippen LogP contribution in [0.5, 0.6) is 0 Å². The summed E-state index contributed by atoms with van der Waals surface area (Å²) in [5.41, 5.74) is 5.94. The SMILES string of the molecule is NCc1nc(C(=O)NC2CCN(C(=O)C3CCCCC3)C2)cs1. The predicted molar refractivity (Wildman–Crippen MR) is 89.0 cm³/mol. The molecule has 0 bridgehead atoms. The zero-order valence-corrected chi connectivity index (χ0v) is 14.1. The van der Waals surface area contributed by atoms with Crippen molar-refractivity contribution in [2.45, 2.75) is 51.1 Å². The van der Waals surface area contributed by atoms with Gasteiger partial charge in [-0.1, -0.05) is 19.3 Å². The van der Waals surface area contributed by atoms with Gasteiger partial charge in [-0.05, 0) is 19.3 Å². The van der Waals surface area contributed by atoms with Gasteiger partial charge in [0.25, 0.3) is 5.91 Å². The van der Waals surface area contributed by atoms with E-state index in [9.17, 15) is 9.59 Å². The Morgan fingerprint density at radius 3 is 2.78 bits per heavy atom. The molecule has 2 heterocycles. The Balaban J connectivity index is 1.51. The zero-order valence-electron chi connectivity index (χ0n) is 13.3. The maximum Gasteiger partial charge on any atom is 0.271 e. The van der Waals surface area contributed by atoms with Gasteiger partial charge in [-0.3, -0.25) is 9.59 Å². The van der Waals surface area contributed by atoms with Crippen molar-refractivity contribution in [1.29, 1.82) is 0 Å². The maximum absolute atomic E-state index is 12.5. The molecule has 1 aliphatic heterocycles. The van der Waals surface area contributed by atoms with Crippen molar-refractivity contribution in [2.75, 3.05) is 13.1 Å². The van der Waals surface area contributed by atoms with Crippen LogP contribution in [0.1, 0.15) is 54.0 Å². The van der Waals surface area contributed by atoms with E-state index in [1.807, 2.05) is 4.90 Å². The quantitative estimate of drug-likeness (QED) is 0.872. The third-order valence-electron chi connectivity index (χ3n) is 4.75. The lowest BCUT2D eigenvalue weighted by atomic mass is 9.88. The Morgan fingerprint density at radius 2 is 2.09 bits per heavy atom. The van der Waals surface area contributed by atoms with Gasteiger partial charge in [0, 0.05) is 37.0 Å². The summed E-state index contributed by atoms with van der Waals surface area (Å²) in [6.45, 7) is 1.71. The highest BCUT2D eigenvalue weighted by Crippen LogP contribution is 2.26. The number of aromatic nitrogens is 1. The number of hydrogen-bond donors (Lipinski definition) is 2. The van der Waals surface area contributed by atoms with Gasteiger partial charge in [0.2, 0.25) is 5.91 Å². The van der Waals surface area contributed by atoms with Crippen LogP contribution < -0.4 is 11.1 Å². The Morgan fingerprint density at radius 1 is 1.30 bits per heavy atom. The molecule has 1 saturated heterocycles. The third kappa shape index (κ3) is 3.90. The lowest BCUT2D eigenvalue weighted by Gasteiger charge is -2.26. The van der Waals surface area contributed by atoms with Crippen molar-refractivity contribution in [1.82, 2.24) is 15.2 Å². The fourth-order valence-corrected chi connectivity index (χ4v) is 4.11. The summed E-state index contributed by atoms with van der Waals surface area (Å²) in [6, 6.07) is 0.0260. The molecule has 1 unspecified atom stereocenters. The topological polar surface area (TPSA) is 88.3 Å². The van der Waals surface area contributed by atoms with E-state index in [1.165, 1.54) is 17.8 Å². The molecular weight excluding hydrogens is 312 g/mol. The lowest BCUT2D eigenvalue weighted by Crippen LogP contribution is -2.40. The first-order chi connectivity index (χ1) is 11.2. The molecule has 2 fully saturated rings. The summed E-state index contributed by atoms with van der Waals surface area (Å²) in [6.07, 6.45) is 6.44. The number of nitrogens with two attached hydrogens (primary N) is 1. The van der Waals surface area contributed by atoms with Gasteiger partial charge in [0.05, 0.1) is 0 Å². The molecule has 7 heteroatoms. The smallest absolute Gasteiger partial charge is 0.271 e. The number of thiazole rings is 1. The molecule has 126 valence electrons. The van der Waals surface area contributed by atoms with E-state index in [4.69, 9.17) is 5.73 Å². The Kier molecular flexibility index (Phi) is 5.27. The van der Waals surface area contributed by atoms with Crippen molar-refractivity contribution in [3.63, 3.8) is 0 Å². The molecule has 1 aliphatic carbocycles. The summed E-state index contributed by atoms with van der Waals surface area (Å²) >= 11 is 1.40. The standard InChI is InChI=1S/C16H24N4O2S/c17-8-14-19-13(10-23-14)15(21)18-12-6-7-20(9-12)16(22)11-4-2-1-3-5-11/h10-12H,1-9,17H2,(H,18,21). The van der Waals surface area contributed by atoms with Crippen LogP contribution >= 0.6 is 11.3 Å². The van der Waals surface area contributed by atoms with E-state index in [0.717, 1.165) is 43.7 Å². The van der Waals surface area contributed by atoms with E-state index in [-0.39, 0.29) is 23.8 Å². The second-order valence-electron chi connectivity index (χ2n) is 6.41. The van der Waals surface area contributed by atoms with Crippen molar-refractivity contribution < 1.29 is 9.59 Å². The van der Waals surface area contributed by atoms with Gasteiger partial charge in [-0.2, -0.15) is 0 Å². The Bertz CT molecular complexity index is 568. The van der Waals surface area contributed by atoms with Gasteiger partial charge in [-0.15, -0.1) is 11.3 Å². The second-order valence-corrected chi connectivity index (χ2v) is 7.35. The van der Waals surface area contributed by atoms with Crippen molar-refractivity contribution in [2.24, 2.45) is 11.7 Å². The summed E-state index contributed by atoms with van der Waals surface area (Å²) in [5, 5.41) is 5.48. The molecule has 1 aromatic rings. The van der Waals surface area contributed by atoms with Gasteiger partial charge in [-0.25, -0.2) is 4.98 Å². The van der Waals surface area contributed by atoms with E-state index in [1.54, 1.807) is 5.38 Å². The molecule has 0 aromatic carbocycles. The monoisotopic (exact) mass is 336 g/mol. The number of amides is 2. The average molecular weight is 336 g/mol. The van der Waals surface area contributed by atoms with E-state index in [0.29, 0.717) is 18.8 Å². The maximum atomic E-state index is 12.5. The van der Waals surface area contributed by atoms with Crippen LogP contribution in [-0.4, -0.2) is 40.8 Å². The summed E-state index contributed by atoms with van der Waals surface area (Å²) in [7, 11) is 0. The first kappa shape index (κ1) is 16.4. The van der Waals surface area contributed by atoms with Crippen molar-refractivity contribution in [3.05, 3.63) is 16.1 Å². The molecule has 1 aromatic heterocycles. The molecule has 1 saturated carbocycles. The first-order valence-corrected chi connectivity index (χ1v) is 9.29. The summed E-state index contributed by atoms with van der Waals surface area (Å²) in [4.78, 5) is 30.9. The molecule has 2 amide bonds. The number of nitrogens with one attached hydrogen (secondary N) is 1. The average Bonchev–Trinajstić information content (AvgIpc) is 3.24. The largest absolute Gasteiger partial charge is 0.346 e. The fourth-order valence-electron chi connectivity index (χ4n) is 3.45. The second kappa shape index (κ2) is 7.40. The molecule has 23 heavy (non-hydrogen) atoms. The molecule has 0 spiro atoms. The highest BCUT2D eigenvalue weighted by Gasteiger charge is 2.32. The van der Waals surface area contributed by atoms with E-state index >= 15 is 0 Å². The molecule has 1 atom stereocenters. The lowest BCUT2D eigenvalue weighted by molar-refractivity contribution is -0.135. The number of hydrogen-bond acceptors (Lipinski definition) is 5. The minimum absolute atomic E-state index is 0.0260. The minimum Gasteiger partial charge on any atom is -0.346 e.